The molecule has 9 nitrogen and oxygen atoms in total. The van der Waals surface area contributed by atoms with Crippen molar-refractivity contribution in [2.24, 2.45) is 10.8 Å². The molecule has 2 atom stereocenters. The van der Waals surface area contributed by atoms with Gasteiger partial charge < -0.3 is 14.2 Å². The molecule has 4 rings (SSSR count). The minimum absolute atomic E-state index is 0.237. The number of fused-ring (bicyclic) bond motifs is 1. The predicted molar refractivity (Wildman–Crippen MR) is 167 cm³/mol. The Bertz CT molecular complexity index is 1550. The molecule has 0 saturated heterocycles. The van der Waals surface area contributed by atoms with Gasteiger partial charge >= 0.3 is 5.97 Å². The summed E-state index contributed by atoms with van der Waals surface area (Å²) in [7, 11) is 4.35. The molecule has 0 aliphatic carbocycles. The molecule has 0 N–H and O–H groups in total. The van der Waals surface area contributed by atoms with E-state index in [0.29, 0.717) is 28.3 Å². The number of methoxy groups -OCH3 is 3. The van der Waals surface area contributed by atoms with Crippen molar-refractivity contribution in [3.8, 4) is 11.5 Å². The fourth-order valence-corrected chi connectivity index (χ4v) is 5.96. The summed E-state index contributed by atoms with van der Waals surface area (Å²) in [5.41, 5.74) is -0.0670. The van der Waals surface area contributed by atoms with E-state index < -0.39 is 46.6 Å². The number of para-hydroxylation sites is 1. The number of benzene rings is 3. The van der Waals surface area contributed by atoms with Crippen LogP contribution >= 0.6 is 0 Å². The fraction of sp³-hybridized carbons (Fsp3) is 0.371. The maximum atomic E-state index is 15.4. The van der Waals surface area contributed by atoms with Crippen molar-refractivity contribution < 1.29 is 33.4 Å². The number of esters is 1. The molecule has 0 radical (unpaired) electrons. The van der Waals surface area contributed by atoms with Gasteiger partial charge in [0.15, 0.2) is 0 Å². The molecule has 1 aliphatic rings. The highest BCUT2D eigenvalue weighted by molar-refractivity contribution is 6.23. The summed E-state index contributed by atoms with van der Waals surface area (Å²) in [6.45, 7) is 10.7. The highest BCUT2D eigenvalue weighted by atomic mass is 16.5. The third kappa shape index (κ3) is 5.54. The quantitative estimate of drug-likeness (QED) is 0.219. The molecule has 44 heavy (non-hydrogen) atoms. The van der Waals surface area contributed by atoms with Crippen LogP contribution in [-0.2, 0) is 14.3 Å². The molecule has 232 valence electrons. The van der Waals surface area contributed by atoms with Crippen LogP contribution in [-0.4, -0.2) is 56.0 Å². The van der Waals surface area contributed by atoms with Crippen molar-refractivity contribution in [2.45, 2.75) is 53.6 Å². The molecule has 0 fully saturated rings. The molecule has 3 aromatic rings. The lowest BCUT2D eigenvalue weighted by molar-refractivity contribution is -0.152. The zero-order valence-electron chi connectivity index (χ0n) is 26.8. The molecule has 3 amide bonds. The number of rotatable bonds is 9. The SMILES string of the molecule is COC(=O)C(C)(C)[C@H](c1ccc(OC)cc1)N(C(=O)[C@@H](N1C(=O)c2ccccc2C1=O)C(C)(C)C)c1c(C)cccc1OC. The summed E-state index contributed by atoms with van der Waals surface area (Å²) in [5.74, 6) is -1.25. The smallest absolute Gasteiger partial charge is 0.313 e. The second-order valence-electron chi connectivity index (χ2n) is 12.5. The lowest BCUT2D eigenvalue weighted by Crippen LogP contribution is -2.59. The number of hydrogen-bond donors (Lipinski definition) is 0. The molecule has 0 bridgehead atoms. The summed E-state index contributed by atoms with van der Waals surface area (Å²) in [4.78, 5) is 59.1. The summed E-state index contributed by atoms with van der Waals surface area (Å²) in [6, 6.07) is 16.8. The van der Waals surface area contributed by atoms with E-state index in [4.69, 9.17) is 14.2 Å². The van der Waals surface area contributed by atoms with Crippen LogP contribution in [0.5, 0.6) is 11.5 Å². The predicted octanol–water partition coefficient (Wildman–Crippen LogP) is 6.00. The van der Waals surface area contributed by atoms with Crippen molar-refractivity contribution in [3.63, 3.8) is 0 Å². The van der Waals surface area contributed by atoms with Gasteiger partial charge in [0.05, 0.1) is 49.6 Å². The van der Waals surface area contributed by atoms with Gasteiger partial charge in [0.25, 0.3) is 17.7 Å². The number of amides is 3. The highest BCUT2D eigenvalue weighted by Gasteiger charge is 2.53. The summed E-state index contributed by atoms with van der Waals surface area (Å²) in [5, 5.41) is 0. The van der Waals surface area contributed by atoms with Gasteiger partial charge in [-0.2, -0.15) is 0 Å². The average molecular weight is 601 g/mol. The Morgan fingerprint density at radius 2 is 1.34 bits per heavy atom. The Hall–Kier alpha value is -4.66. The molecule has 3 aromatic carbocycles. The molecular weight excluding hydrogens is 560 g/mol. The molecule has 1 aliphatic heterocycles. The van der Waals surface area contributed by atoms with Crippen LogP contribution in [0.3, 0.4) is 0 Å². The van der Waals surface area contributed by atoms with E-state index in [1.165, 1.54) is 19.1 Å². The van der Waals surface area contributed by atoms with Gasteiger partial charge in [-0.05, 0) is 67.6 Å². The van der Waals surface area contributed by atoms with Crippen molar-refractivity contribution in [3.05, 3.63) is 89.0 Å². The zero-order valence-corrected chi connectivity index (χ0v) is 26.8. The Balaban J connectivity index is 2.05. The van der Waals surface area contributed by atoms with Crippen LogP contribution in [0.2, 0.25) is 0 Å². The molecular formula is C35H40N2O7. The average Bonchev–Trinajstić information content (AvgIpc) is 3.24. The van der Waals surface area contributed by atoms with Gasteiger partial charge in [-0.3, -0.25) is 29.0 Å². The van der Waals surface area contributed by atoms with Crippen molar-refractivity contribution in [1.29, 1.82) is 0 Å². The first-order chi connectivity index (χ1) is 20.7. The Morgan fingerprint density at radius 1 is 0.773 bits per heavy atom. The highest BCUT2D eigenvalue weighted by Crippen LogP contribution is 2.48. The maximum Gasteiger partial charge on any atom is 0.313 e. The standard InChI is InChI=1S/C35H40N2O7/c1-21-13-12-16-26(43-8)27(21)36(28(35(5,6)33(41)44-9)22-17-19-23(42-7)20-18-22)32(40)29(34(2,3)4)37-30(38)24-14-10-11-15-25(24)31(37)39/h10-20,28-29H,1-9H3/t28-,29+/m0/s1. The van der Waals surface area contributed by atoms with Crippen LogP contribution in [0.15, 0.2) is 66.7 Å². The van der Waals surface area contributed by atoms with Crippen LogP contribution in [0.4, 0.5) is 5.69 Å². The van der Waals surface area contributed by atoms with E-state index in [9.17, 15) is 14.4 Å². The number of imide groups is 1. The molecule has 0 unspecified atom stereocenters. The summed E-state index contributed by atoms with van der Waals surface area (Å²) in [6.07, 6.45) is 0. The van der Waals surface area contributed by atoms with Crippen LogP contribution in [0.1, 0.15) is 72.5 Å². The van der Waals surface area contributed by atoms with Gasteiger partial charge in [0.1, 0.15) is 17.5 Å². The molecule has 1 heterocycles. The first-order valence-corrected chi connectivity index (χ1v) is 14.4. The number of aryl methyl sites for hydroxylation is 1. The van der Waals surface area contributed by atoms with Crippen LogP contribution in [0, 0.1) is 17.8 Å². The van der Waals surface area contributed by atoms with Crippen LogP contribution < -0.4 is 14.4 Å². The molecule has 0 aromatic heterocycles. The monoisotopic (exact) mass is 600 g/mol. The molecule has 0 spiro atoms. The maximum absolute atomic E-state index is 15.4. The number of hydrogen-bond acceptors (Lipinski definition) is 7. The van der Waals surface area contributed by atoms with Gasteiger partial charge in [-0.1, -0.05) is 57.2 Å². The van der Waals surface area contributed by atoms with Crippen molar-refractivity contribution in [1.82, 2.24) is 4.90 Å². The van der Waals surface area contributed by atoms with E-state index >= 15 is 4.79 Å². The van der Waals surface area contributed by atoms with Gasteiger partial charge in [0, 0.05) is 0 Å². The summed E-state index contributed by atoms with van der Waals surface area (Å²) >= 11 is 0. The minimum Gasteiger partial charge on any atom is -0.497 e. The number of anilines is 1. The Morgan fingerprint density at radius 3 is 1.82 bits per heavy atom. The number of carbonyl (C=O) groups is 4. The number of ether oxygens (including phenoxy) is 3. The normalized spacial score (nSPS) is 14.5. The third-order valence-electron chi connectivity index (χ3n) is 8.12. The number of carbonyl (C=O) groups excluding carboxylic acids is 4. The van der Waals surface area contributed by atoms with Gasteiger partial charge in [-0.25, -0.2) is 0 Å². The van der Waals surface area contributed by atoms with Crippen molar-refractivity contribution in [2.75, 3.05) is 26.2 Å². The molecule has 0 saturated carbocycles. The Kier molecular flexibility index (Phi) is 8.91. The third-order valence-corrected chi connectivity index (χ3v) is 8.12. The first kappa shape index (κ1) is 32.3. The van der Waals surface area contributed by atoms with Gasteiger partial charge in [-0.15, -0.1) is 0 Å². The van der Waals surface area contributed by atoms with Crippen molar-refractivity contribution >= 4 is 29.4 Å². The minimum atomic E-state index is -1.32. The number of nitrogens with zero attached hydrogens (tertiary/aromatic N) is 2. The van der Waals surface area contributed by atoms with E-state index in [1.54, 1.807) is 102 Å². The lowest BCUT2D eigenvalue weighted by atomic mass is 9.77. The topological polar surface area (TPSA) is 102 Å². The van der Waals surface area contributed by atoms with Gasteiger partial charge in [0.2, 0.25) is 0 Å². The van der Waals surface area contributed by atoms with E-state index in [2.05, 4.69) is 0 Å². The lowest BCUT2D eigenvalue weighted by Gasteiger charge is -2.46. The van der Waals surface area contributed by atoms with E-state index in [1.807, 2.05) is 13.0 Å². The van der Waals surface area contributed by atoms with E-state index in [-0.39, 0.29) is 11.1 Å². The summed E-state index contributed by atoms with van der Waals surface area (Å²) < 4.78 is 16.4. The van der Waals surface area contributed by atoms with E-state index in [0.717, 1.165) is 4.90 Å². The van der Waals surface area contributed by atoms with Crippen LogP contribution in [0.25, 0.3) is 0 Å². The largest absolute Gasteiger partial charge is 0.497 e. The zero-order chi connectivity index (χ0) is 32.6. The second-order valence-corrected chi connectivity index (χ2v) is 12.5. The Labute approximate surface area is 258 Å². The molecule has 9 heteroatoms. The first-order valence-electron chi connectivity index (χ1n) is 14.4. The second kappa shape index (κ2) is 12.1. The fourth-order valence-electron chi connectivity index (χ4n) is 5.96.